The number of fused-ring (bicyclic) bond motifs is 1. The smallest absolute Gasteiger partial charge is 0.141 e. The number of benzene rings is 1. The first-order valence-electron chi connectivity index (χ1n) is 5.46. The molecule has 3 aromatic rings. The predicted molar refractivity (Wildman–Crippen MR) is 78.8 cm³/mol. The fourth-order valence-corrected chi connectivity index (χ4v) is 2.84. The van der Waals surface area contributed by atoms with Crippen molar-refractivity contribution in [1.82, 2.24) is 4.98 Å². The van der Waals surface area contributed by atoms with E-state index < -0.39 is 5.82 Å². The van der Waals surface area contributed by atoms with Crippen molar-refractivity contribution in [3.05, 3.63) is 41.2 Å². The van der Waals surface area contributed by atoms with Crippen molar-refractivity contribution in [1.29, 1.82) is 0 Å². The summed E-state index contributed by atoms with van der Waals surface area (Å²) in [7, 11) is 0. The molecule has 0 saturated heterocycles. The Morgan fingerprint density at radius 1 is 1.16 bits per heavy atom. The van der Waals surface area contributed by atoms with Crippen molar-refractivity contribution in [3.63, 3.8) is 0 Å². The van der Waals surface area contributed by atoms with Gasteiger partial charge in [-0.1, -0.05) is 11.6 Å². The summed E-state index contributed by atoms with van der Waals surface area (Å²) in [4.78, 5) is 4.46. The maximum Gasteiger partial charge on any atom is 0.141 e. The maximum absolute atomic E-state index is 13.1. The monoisotopic (exact) mass is 293 g/mol. The van der Waals surface area contributed by atoms with Gasteiger partial charge in [-0.25, -0.2) is 9.37 Å². The Hall–Kier alpha value is -1.85. The second-order valence-corrected chi connectivity index (χ2v) is 5.54. The lowest BCUT2D eigenvalue weighted by Gasteiger charge is -2.03. The Kier molecular flexibility index (Phi) is 2.80. The molecular weight excluding hydrogens is 285 g/mol. The van der Waals surface area contributed by atoms with E-state index in [1.807, 2.05) is 12.1 Å². The molecule has 2 heterocycles. The Balaban J connectivity index is 2.19. The Morgan fingerprint density at radius 3 is 2.68 bits per heavy atom. The zero-order chi connectivity index (χ0) is 13.6. The third-order valence-electron chi connectivity index (χ3n) is 2.81. The van der Waals surface area contributed by atoms with Crippen LogP contribution in [0, 0.1) is 5.82 Å². The number of hydrogen-bond acceptors (Lipinski definition) is 4. The second kappa shape index (κ2) is 4.36. The van der Waals surface area contributed by atoms with E-state index in [9.17, 15) is 4.39 Å². The Bertz CT molecular complexity index is 785. The molecule has 0 spiro atoms. The molecule has 0 unspecified atom stereocenters. The maximum atomic E-state index is 13.1. The summed E-state index contributed by atoms with van der Waals surface area (Å²) < 4.78 is 14.1. The summed E-state index contributed by atoms with van der Waals surface area (Å²) in [6.45, 7) is 0. The minimum Gasteiger partial charge on any atom is -0.395 e. The number of pyridine rings is 1. The number of nitrogen functional groups attached to an aromatic ring is 2. The van der Waals surface area contributed by atoms with E-state index >= 15 is 0 Å². The molecule has 0 aliphatic rings. The summed E-state index contributed by atoms with van der Waals surface area (Å²) in [5.41, 5.74) is 14.2. The number of nitrogens with two attached hydrogens (primary N) is 2. The Morgan fingerprint density at radius 2 is 1.95 bits per heavy atom. The van der Waals surface area contributed by atoms with Gasteiger partial charge in [-0.05, 0) is 30.3 Å². The van der Waals surface area contributed by atoms with E-state index in [2.05, 4.69) is 4.98 Å². The molecule has 3 rings (SSSR count). The molecule has 3 nitrogen and oxygen atoms in total. The lowest BCUT2D eigenvalue weighted by atomic mass is 10.1. The highest BCUT2D eigenvalue weighted by Gasteiger charge is 2.10. The quantitative estimate of drug-likeness (QED) is 0.714. The summed E-state index contributed by atoms with van der Waals surface area (Å²) in [6.07, 6.45) is 0. The van der Waals surface area contributed by atoms with Crippen LogP contribution in [-0.2, 0) is 0 Å². The molecule has 19 heavy (non-hydrogen) atoms. The highest BCUT2D eigenvalue weighted by molar-refractivity contribution is 7.23. The van der Waals surface area contributed by atoms with Crippen LogP contribution in [0.1, 0.15) is 0 Å². The van der Waals surface area contributed by atoms with Crippen LogP contribution in [0.15, 0.2) is 30.3 Å². The van der Waals surface area contributed by atoms with E-state index in [-0.39, 0.29) is 5.02 Å². The number of thiophene rings is 1. The molecule has 0 radical (unpaired) electrons. The number of hydrogen-bond donors (Lipinski definition) is 2. The Labute approximate surface area is 117 Å². The fourth-order valence-electron chi connectivity index (χ4n) is 1.83. The van der Waals surface area contributed by atoms with E-state index in [1.165, 1.54) is 23.5 Å². The average Bonchev–Trinajstić information content (AvgIpc) is 2.68. The highest BCUT2D eigenvalue weighted by Crippen LogP contribution is 2.36. The molecule has 0 saturated carbocycles. The van der Waals surface area contributed by atoms with Crippen LogP contribution in [0.25, 0.3) is 21.5 Å². The van der Waals surface area contributed by atoms with Gasteiger partial charge >= 0.3 is 0 Å². The van der Waals surface area contributed by atoms with Crippen molar-refractivity contribution in [3.8, 4) is 11.3 Å². The SMILES string of the molecule is Nc1sc2ccc(-c3ccc(F)c(Cl)c3)nc2c1N. The summed E-state index contributed by atoms with van der Waals surface area (Å²) >= 11 is 7.16. The van der Waals surface area contributed by atoms with Crippen LogP contribution in [-0.4, -0.2) is 4.98 Å². The van der Waals surface area contributed by atoms with Crippen LogP contribution in [0.3, 0.4) is 0 Å². The normalized spacial score (nSPS) is 11.1. The van der Waals surface area contributed by atoms with Gasteiger partial charge in [0, 0.05) is 5.56 Å². The number of rotatable bonds is 1. The third kappa shape index (κ3) is 2.01. The highest BCUT2D eigenvalue weighted by atomic mass is 35.5. The number of halogens is 2. The van der Waals surface area contributed by atoms with E-state index in [0.29, 0.717) is 21.9 Å². The summed E-state index contributed by atoms with van der Waals surface area (Å²) in [5.74, 6) is -0.453. The molecule has 0 aliphatic carbocycles. The van der Waals surface area contributed by atoms with Gasteiger partial charge in [-0.2, -0.15) is 0 Å². The van der Waals surface area contributed by atoms with E-state index in [4.69, 9.17) is 23.1 Å². The minimum absolute atomic E-state index is 0.0669. The average molecular weight is 294 g/mol. The van der Waals surface area contributed by atoms with Crippen LogP contribution in [0.2, 0.25) is 5.02 Å². The molecule has 0 aliphatic heterocycles. The third-order valence-corrected chi connectivity index (χ3v) is 4.09. The molecule has 96 valence electrons. The standard InChI is InChI=1S/C13H9ClFN3S/c14-7-5-6(1-2-8(7)15)9-3-4-10-12(18-9)11(16)13(17)19-10/h1-5H,16-17H2. The topological polar surface area (TPSA) is 64.9 Å². The van der Waals surface area contributed by atoms with Crippen molar-refractivity contribution in [2.45, 2.75) is 0 Å². The lowest BCUT2D eigenvalue weighted by molar-refractivity contribution is 0.628. The number of aromatic nitrogens is 1. The fraction of sp³-hybridized carbons (Fsp3) is 0. The molecular formula is C13H9ClFN3S. The second-order valence-electron chi connectivity index (χ2n) is 4.05. The van der Waals surface area contributed by atoms with Crippen molar-refractivity contribution >= 4 is 43.8 Å². The number of anilines is 2. The predicted octanol–water partition coefficient (Wildman–Crippen LogP) is 3.92. The first-order valence-corrected chi connectivity index (χ1v) is 6.65. The van der Waals surface area contributed by atoms with Gasteiger partial charge < -0.3 is 11.5 Å². The minimum atomic E-state index is -0.453. The van der Waals surface area contributed by atoms with E-state index in [1.54, 1.807) is 6.07 Å². The van der Waals surface area contributed by atoms with Crippen LogP contribution in [0.5, 0.6) is 0 Å². The van der Waals surface area contributed by atoms with Gasteiger partial charge in [-0.3, -0.25) is 0 Å². The zero-order valence-electron chi connectivity index (χ0n) is 9.65. The van der Waals surface area contributed by atoms with Crippen molar-refractivity contribution in [2.75, 3.05) is 11.5 Å². The van der Waals surface area contributed by atoms with Crippen LogP contribution >= 0.6 is 22.9 Å². The lowest BCUT2D eigenvalue weighted by Crippen LogP contribution is -1.91. The molecule has 1 aromatic carbocycles. The largest absolute Gasteiger partial charge is 0.395 e. The van der Waals surface area contributed by atoms with Crippen LogP contribution < -0.4 is 11.5 Å². The van der Waals surface area contributed by atoms with Gasteiger partial charge in [0.1, 0.15) is 16.3 Å². The summed E-state index contributed by atoms with van der Waals surface area (Å²) in [5, 5.41) is 0.619. The van der Waals surface area contributed by atoms with Crippen molar-refractivity contribution in [2.24, 2.45) is 0 Å². The van der Waals surface area contributed by atoms with Gasteiger partial charge in [0.05, 0.1) is 21.1 Å². The van der Waals surface area contributed by atoms with Crippen LogP contribution in [0.4, 0.5) is 15.1 Å². The number of nitrogens with zero attached hydrogens (tertiary/aromatic N) is 1. The molecule has 4 N–H and O–H groups in total. The van der Waals surface area contributed by atoms with Gasteiger partial charge in [-0.15, -0.1) is 11.3 Å². The molecule has 0 amide bonds. The summed E-state index contributed by atoms with van der Waals surface area (Å²) in [6, 6.07) is 8.21. The molecule has 2 aromatic heterocycles. The van der Waals surface area contributed by atoms with Gasteiger partial charge in [0.15, 0.2) is 0 Å². The molecule has 6 heteroatoms. The molecule has 0 bridgehead atoms. The first-order chi connectivity index (χ1) is 9.06. The molecule has 0 fully saturated rings. The van der Waals surface area contributed by atoms with E-state index in [0.717, 1.165) is 10.3 Å². The molecule has 0 atom stereocenters. The zero-order valence-corrected chi connectivity index (χ0v) is 11.2. The van der Waals surface area contributed by atoms with Crippen molar-refractivity contribution < 1.29 is 4.39 Å². The first kappa shape index (κ1) is 12.2. The van der Waals surface area contributed by atoms with Gasteiger partial charge in [0.25, 0.3) is 0 Å². The van der Waals surface area contributed by atoms with Gasteiger partial charge in [0.2, 0.25) is 0 Å².